The Hall–Kier alpha value is -1.41. The first kappa shape index (κ1) is 17.4. The van der Waals surface area contributed by atoms with Crippen molar-refractivity contribution >= 4 is 23.4 Å². The second kappa shape index (κ2) is 6.15. The van der Waals surface area contributed by atoms with Crippen LogP contribution in [-0.4, -0.2) is 63.3 Å². The zero-order chi connectivity index (χ0) is 17.5. The average molecular weight is 357 g/mol. The summed E-state index contributed by atoms with van der Waals surface area (Å²) in [5.41, 5.74) is -1.91. The van der Waals surface area contributed by atoms with Crippen LogP contribution in [0, 0.1) is 0 Å². The molecule has 0 saturated carbocycles. The molecule has 3 rings (SSSR count). The lowest BCUT2D eigenvalue weighted by Gasteiger charge is -2.51. The smallest absolute Gasteiger partial charge is 0.337 e. The molecule has 8 heteroatoms. The minimum absolute atomic E-state index is 0.0128. The molecule has 0 radical (unpaired) electrons. The predicted molar refractivity (Wildman–Crippen MR) is 87.6 cm³/mol. The molecule has 2 fully saturated rings. The lowest BCUT2D eigenvalue weighted by atomic mass is 9.75. The zero-order valence-electron chi connectivity index (χ0n) is 13.4. The molecule has 1 spiro atoms. The second-order valence-corrected chi connectivity index (χ2v) is 7.14. The molecule has 0 aliphatic carbocycles. The Morgan fingerprint density at radius 2 is 2.08 bits per heavy atom. The van der Waals surface area contributed by atoms with Crippen LogP contribution in [0.3, 0.4) is 0 Å². The molecule has 2 aliphatic rings. The summed E-state index contributed by atoms with van der Waals surface area (Å²) in [4.78, 5) is 17.3. The number of aliphatic hydroxyl groups is 2. The van der Waals surface area contributed by atoms with Crippen molar-refractivity contribution in [3.8, 4) is 0 Å². The van der Waals surface area contributed by atoms with Gasteiger partial charge in [-0.15, -0.1) is 0 Å². The van der Waals surface area contributed by atoms with Crippen LogP contribution < -0.4 is 4.90 Å². The first-order valence-electron chi connectivity index (χ1n) is 7.93. The van der Waals surface area contributed by atoms with Crippen molar-refractivity contribution in [2.45, 2.75) is 43.5 Å². The summed E-state index contributed by atoms with van der Waals surface area (Å²) in [5.74, 6) is -0.567. The monoisotopic (exact) mass is 356 g/mol. The summed E-state index contributed by atoms with van der Waals surface area (Å²) in [6.07, 6.45) is 1.84. The number of hydrogen-bond acceptors (Lipinski definition) is 6. The molecule has 132 valence electrons. The maximum absolute atomic E-state index is 11.2. The number of ether oxygens (including phenoxy) is 1. The summed E-state index contributed by atoms with van der Waals surface area (Å²) in [7, 11) is 0. The fourth-order valence-corrected chi connectivity index (χ4v) is 3.72. The van der Waals surface area contributed by atoms with E-state index < -0.39 is 23.3 Å². The summed E-state index contributed by atoms with van der Waals surface area (Å²) < 4.78 is 5.85. The zero-order valence-corrected chi connectivity index (χ0v) is 14.2. The number of piperidine rings is 1. The van der Waals surface area contributed by atoms with E-state index in [1.165, 1.54) is 12.3 Å². The van der Waals surface area contributed by atoms with Gasteiger partial charge in [0.15, 0.2) is 0 Å². The molecule has 0 amide bonds. The molecule has 1 aromatic rings. The Bertz CT molecular complexity index is 643. The van der Waals surface area contributed by atoms with E-state index in [1.807, 2.05) is 4.90 Å². The van der Waals surface area contributed by atoms with Gasteiger partial charge >= 0.3 is 5.97 Å². The van der Waals surface area contributed by atoms with Crippen LogP contribution in [0.4, 0.5) is 5.82 Å². The molecule has 2 atom stereocenters. The fourth-order valence-electron chi connectivity index (χ4n) is 3.54. The molecule has 2 aliphatic heterocycles. The van der Waals surface area contributed by atoms with Crippen LogP contribution in [0.25, 0.3) is 0 Å². The third-order valence-corrected chi connectivity index (χ3v) is 5.39. The molecule has 3 N–H and O–H groups in total. The molecular formula is C16H21ClN2O5. The van der Waals surface area contributed by atoms with Crippen LogP contribution in [0.2, 0.25) is 5.02 Å². The molecular weight excluding hydrogens is 336 g/mol. The molecule has 2 saturated heterocycles. The molecule has 3 heterocycles. The number of anilines is 1. The van der Waals surface area contributed by atoms with E-state index in [1.54, 1.807) is 6.92 Å². The number of hydrogen-bond donors (Lipinski definition) is 3. The molecule has 1 aromatic heterocycles. The highest BCUT2D eigenvalue weighted by Gasteiger charge is 2.52. The average Bonchev–Trinajstić information content (AvgIpc) is 2.54. The maximum Gasteiger partial charge on any atom is 0.337 e. The highest BCUT2D eigenvalue weighted by atomic mass is 35.5. The van der Waals surface area contributed by atoms with Crippen molar-refractivity contribution in [1.29, 1.82) is 0 Å². The predicted octanol–water partition coefficient (Wildman–Crippen LogP) is 1.30. The first-order chi connectivity index (χ1) is 11.3. The van der Waals surface area contributed by atoms with Gasteiger partial charge < -0.3 is 25.0 Å². The van der Waals surface area contributed by atoms with Crippen molar-refractivity contribution in [2.75, 3.05) is 24.6 Å². The minimum Gasteiger partial charge on any atom is -0.478 e. The first-order valence-corrected chi connectivity index (χ1v) is 8.31. The highest BCUT2D eigenvalue weighted by molar-refractivity contribution is 6.33. The van der Waals surface area contributed by atoms with Crippen LogP contribution in [0.15, 0.2) is 12.3 Å². The van der Waals surface area contributed by atoms with Crippen molar-refractivity contribution < 1.29 is 24.9 Å². The number of nitrogens with zero attached hydrogens (tertiary/aromatic N) is 2. The Labute approximate surface area is 144 Å². The Kier molecular flexibility index (Phi) is 4.46. The molecule has 0 bridgehead atoms. The van der Waals surface area contributed by atoms with Crippen LogP contribution in [0.1, 0.15) is 36.5 Å². The standard InChI is InChI=1S/C16H21ClN2O5/c1-15(23)4-7-24-16(14(15)22)2-5-19(6-3-16)12-8-10(13(20)21)11(17)9-18-12/h8-9,14,22-23H,2-7H2,1H3,(H,20,21)/t14-,15+/m0/s1. The lowest BCUT2D eigenvalue weighted by molar-refractivity contribution is -0.239. The summed E-state index contributed by atoms with van der Waals surface area (Å²) in [6.45, 7) is 3.13. The largest absolute Gasteiger partial charge is 0.478 e. The maximum atomic E-state index is 11.2. The number of rotatable bonds is 2. The van der Waals surface area contributed by atoms with Gasteiger partial charge in [0.05, 0.1) is 22.8 Å². The van der Waals surface area contributed by atoms with E-state index in [0.29, 0.717) is 44.8 Å². The fraction of sp³-hybridized carbons (Fsp3) is 0.625. The van der Waals surface area contributed by atoms with Crippen LogP contribution in [-0.2, 0) is 4.74 Å². The summed E-state index contributed by atoms with van der Waals surface area (Å²) in [5, 5.41) is 30.1. The molecule has 24 heavy (non-hydrogen) atoms. The van der Waals surface area contributed by atoms with Gasteiger partial charge in [-0.2, -0.15) is 0 Å². The van der Waals surface area contributed by atoms with E-state index in [4.69, 9.17) is 21.4 Å². The third-order valence-electron chi connectivity index (χ3n) is 5.09. The van der Waals surface area contributed by atoms with E-state index in [-0.39, 0.29) is 10.6 Å². The second-order valence-electron chi connectivity index (χ2n) is 6.74. The van der Waals surface area contributed by atoms with Crippen molar-refractivity contribution in [2.24, 2.45) is 0 Å². The number of aromatic nitrogens is 1. The number of halogens is 1. The van der Waals surface area contributed by atoms with E-state index >= 15 is 0 Å². The number of aliphatic hydroxyl groups excluding tert-OH is 1. The number of carboxylic acid groups (broad SMARTS) is 1. The summed E-state index contributed by atoms with van der Waals surface area (Å²) >= 11 is 5.85. The van der Waals surface area contributed by atoms with Crippen LogP contribution >= 0.6 is 11.6 Å². The number of carboxylic acids is 1. The normalized spacial score (nSPS) is 29.7. The SMILES string of the molecule is C[C@@]1(O)CCOC2(CCN(c3cc(C(=O)O)c(Cl)cn3)CC2)[C@H]1O. The number of carbonyl (C=O) groups is 1. The molecule has 0 aromatic carbocycles. The quantitative estimate of drug-likeness (QED) is 0.734. The summed E-state index contributed by atoms with van der Waals surface area (Å²) in [6, 6.07) is 1.46. The van der Waals surface area contributed by atoms with Gasteiger partial charge in [-0.1, -0.05) is 11.6 Å². The van der Waals surface area contributed by atoms with Gasteiger partial charge in [-0.05, 0) is 25.8 Å². The Morgan fingerprint density at radius 3 is 2.71 bits per heavy atom. The van der Waals surface area contributed by atoms with Crippen molar-refractivity contribution in [3.63, 3.8) is 0 Å². The third kappa shape index (κ3) is 2.97. The van der Waals surface area contributed by atoms with E-state index in [0.717, 1.165) is 0 Å². The highest BCUT2D eigenvalue weighted by Crippen LogP contribution is 2.40. The van der Waals surface area contributed by atoms with Gasteiger partial charge in [0.2, 0.25) is 0 Å². The van der Waals surface area contributed by atoms with Gasteiger partial charge in [-0.3, -0.25) is 0 Å². The van der Waals surface area contributed by atoms with Gasteiger partial charge in [0.25, 0.3) is 0 Å². The van der Waals surface area contributed by atoms with Gasteiger partial charge in [0, 0.05) is 25.7 Å². The van der Waals surface area contributed by atoms with Gasteiger partial charge in [-0.25, -0.2) is 9.78 Å². The van der Waals surface area contributed by atoms with Gasteiger partial charge in [0.1, 0.15) is 17.5 Å². The van der Waals surface area contributed by atoms with E-state index in [9.17, 15) is 15.0 Å². The van der Waals surface area contributed by atoms with E-state index in [2.05, 4.69) is 4.98 Å². The molecule has 0 unspecified atom stereocenters. The number of aromatic carboxylic acids is 1. The van der Waals surface area contributed by atoms with Crippen molar-refractivity contribution in [3.05, 3.63) is 22.8 Å². The minimum atomic E-state index is -1.16. The van der Waals surface area contributed by atoms with Crippen molar-refractivity contribution in [1.82, 2.24) is 4.98 Å². The number of pyridine rings is 1. The lowest BCUT2D eigenvalue weighted by Crippen LogP contribution is -2.64. The van der Waals surface area contributed by atoms with Crippen LogP contribution in [0.5, 0.6) is 0 Å². The topological polar surface area (TPSA) is 103 Å². The Balaban J connectivity index is 1.76. The Morgan fingerprint density at radius 1 is 1.42 bits per heavy atom. The molecule has 7 nitrogen and oxygen atoms in total.